The molecule has 3 aliphatic rings. The zero-order valence-electron chi connectivity index (χ0n) is 49.2. The van der Waals surface area contributed by atoms with E-state index in [4.69, 9.17) is 14.2 Å². The molecule has 0 bridgehead atoms. The molecule has 0 fully saturated rings. The molecule has 0 saturated heterocycles. The Balaban J connectivity index is 0.848. The number of esters is 3. The lowest BCUT2D eigenvalue weighted by molar-refractivity contribution is -0.134. The summed E-state index contributed by atoms with van der Waals surface area (Å²) in [6.07, 6.45) is 13.5. The highest BCUT2D eigenvalue weighted by Crippen LogP contribution is 2.47. The van der Waals surface area contributed by atoms with Gasteiger partial charge in [0.2, 0.25) is 0 Å². The lowest BCUT2D eigenvalue weighted by atomic mass is 10.0. The molecule has 3 aliphatic carbocycles. The lowest BCUT2D eigenvalue weighted by Crippen LogP contribution is -2.11. The van der Waals surface area contributed by atoms with E-state index in [-0.39, 0.29) is 36.5 Å². The summed E-state index contributed by atoms with van der Waals surface area (Å²) in [6, 6.07) is 46.6. The Hall–Kier alpha value is -8.93. The molecule has 0 N–H and O–H groups in total. The van der Waals surface area contributed by atoms with Gasteiger partial charge in [-0.05, 0) is 317 Å². The first-order valence-corrected chi connectivity index (χ1v) is 32.9. The van der Waals surface area contributed by atoms with E-state index in [9.17, 15) is 41.2 Å². The maximum atomic E-state index is 15.0. The van der Waals surface area contributed by atoms with E-state index in [0.717, 1.165) is 66.8 Å². The van der Waals surface area contributed by atoms with Crippen molar-refractivity contribution in [1.29, 1.82) is 0 Å². The first-order valence-electron chi connectivity index (χ1n) is 28.2. The number of hydrogen-bond acceptors (Lipinski definition) is 9. The second kappa shape index (κ2) is 26.4. The second-order valence-electron chi connectivity index (χ2n) is 21.7. The molecule has 0 amide bonds. The summed E-state index contributed by atoms with van der Waals surface area (Å²) in [5.74, 6) is -2.97. The van der Waals surface area contributed by atoms with Gasteiger partial charge in [0.1, 0.15) is 53.5 Å². The third-order valence-corrected chi connectivity index (χ3v) is 18.6. The summed E-state index contributed by atoms with van der Waals surface area (Å²) in [5.41, 5.74) is 14.0. The summed E-state index contributed by atoms with van der Waals surface area (Å²) in [6.45, 7) is 5.60. The fourth-order valence-electron chi connectivity index (χ4n) is 11.3. The minimum Gasteiger partial charge on any atom is -0.612 e. The van der Waals surface area contributed by atoms with Crippen molar-refractivity contribution in [2.24, 2.45) is 0 Å². The first-order chi connectivity index (χ1) is 42.7. The van der Waals surface area contributed by atoms with Crippen LogP contribution in [0.5, 0.6) is 17.2 Å². The van der Waals surface area contributed by atoms with Crippen LogP contribution in [0.15, 0.2) is 201 Å². The molecular weight excluding hydrogens is 1190 g/mol. The minimum atomic E-state index is -1.17. The number of allylic oxidation sites excluding steroid dienone is 6. The molecule has 9 nitrogen and oxygen atoms in total. The van der Waals surface area contributed by atoms with E-state index in [1.165, 1.54) is 42.5 Å². The van der Waals surface area contributed by atoms with Gasteiger partial charge >= 0.3 is 17.9 Å². The van der Waals surface area contributed by atoms with Crippen molar-refractivity contribution >= 4 is 115 Å². The summed E-state index contributed by atoms with van der Waals surface area (Å²) in [4.78, 5) is 44.0. The van der Waals surface area contributed by atoms with Crippen LogP contribution in [0.1, 0.15) is 101 Å². The van der Waals surface area contributed by atoms with E-state index in [0.29, 0.717) is 59.2 Å². The molecule has 0 radical (unpaired) electrons. The molecule has 0 spiro atoms. The van der Waals surface area contributed by atoms with Gasteiger partial charge in [-0.15, -0.1) is 0 Å². The Morgan fingerprint density at radius 3 is 0.966 bits per heavy atom. The molecule has 3 atom stereocenters. The topological polar surface area (TPSA) is 148 Å². The van der Waals surface area contributed by atoms with E-state index in [1.54, 1.807) is 122 Å². The predicted molar refractivity (Wildman–Crippen MR) is 349 cm³/mol. The van der Waals surface area contributed by atoms with Crippen LogP contribution in [0.3, 0.4) is 0 Å². The number of benzene rings is 8. The van der Waals surface area contributed by atoms with Crippen LogP contribution in [0.4, 0.5) is 13.2 Å². The van der Waals surface area contributed by atoms with Gasteiger partial charge in [0, 0.05) is 6.07 Å². The van der Waals surface area contributed by atoms with Crippen LogP contribution in [0.25, 0.3) is 63.8 Å². The third kappa shape index (κ3) is 14.0. The van der Waals surface area contributed by atoms with E-state index in [1.807, 2.05) is 75.4 Å². The summed E-state index contributed by atoms with van der Waals surface area (Å²) >= 11 is -3.47. The molecule has 15 heteroatoms. The van der Waals surface area contributed by atoms with Crippen LogP contribution in [0, 0.1) is 17.5 Å². The van der Waals surface area contributed by atoms with Crippen molar-refractivity contribution in [3.63, 3.8) is 0 Å². The van der Waals surface area contributed by atoms with Crippen molar-refractivity contribution in [3.05, 3.63) is 265 Å². The number of fused-ring (bicyclic) bond motifs is 3. The first kappa shape index (κ1) is 61.7. The molecule has 3 unspecified atom stereocenters. The van der Waals surface area contributed by atoms with Gasteiger partial charge in [0.05, 0.1) is 19.3 Å². The van der Waals surface area contributed by atoms with Crippen LogP contribution in [-0.4, -0.2) is 50.3 Å². The quantitative estimate of drug-likeness (QED) is 0.0376. The summed E-state index contributed by atoms with van der Waals surface area (Å²) < 4.78 is 98.8. The van der Waals surface area contributed by atoms with Crippen LogP contribution in [0.2, 0.25) is 0 Å². The highest BCUT2D eigenvalue weighted by Gasteiger charge is 2.30. The maximum Gasteiger partial charge on any atom is 0.315 e. The zero-order valence-corrected chi connectivity index (χ0v) is 51.7. The van der Waals surface area contributed by atoms with Gasteiger partial charge < -0.3 is 27.9 Å². The molecule has 0 heterocycles. The van der Waals surface area contributed by atoms with Crippen LogP contribution in [-0.2, 0) is 47.9 Å². The van der Waals surface area contributed by atoms with Gasteiger partial charge in [-0.3, -0.25) is 14.4 Å². The standard InChI is InChI=1S/C74H57F3O9S3/c1-43-63(33-47-11-22-57(23-12-47)87(4)81)60-28-17-51(75)36-69(60)66(43)40-72(78)84-54-20-9-46(10-21-54)7-8-50-31-55(85-73(79)41-67-44(2)64(61-29-18-52(76)37-70(61)67)34-48-13-24-58(25-14-48)88(5)82)39-56(32-50)86-74(80)42-68-45(3)65(62-30-19-53(77)38-71(62)68)35-49-15-26-59(27-16-49)89(6)83/h7-39H,40-42H2,1-6H3/b8-7+,63-33-,64-34-,65-35-. The fraction of sp³-hybridized carbons (Fsp3) is 0.122. The number of ether oxygens (including phenoxy) is 3. The number of rotatable bonds is 17. The van der Waals surface area contributed by atoms with Crippen molar-refractivity contribution in [2.45, 2.75) is 54.7 Å². The average Bonchev–Trinajstić information content (AvgIpc) is 1.68. The normalized spacial score (nSPS) is 15.9. The highest BCUT2D eigenvalue weighted by molar-refractivity contribution is 7.91. The van der Waals surface area contributed by atoms with Crippen molar-refractivity contribution in [3.8, 4) is 17.2 Å². The van der Waals surface area contributed by atoms with E-state index in [2.05, 4.69) is 0 Å². The SMILES string of the molecule is CC1=C(CC(=O)Oc2ccc(/C=C/c3cc(OC(=O)CC4=C(C)/C(=C/c5ccc([S+](C)[O-])cc5)c5ccc(F)cc54)cc(OC(=O)CC4=C(C)/C(=C/c5ccc([S+](C)[O-])cc5)c5ccc(F)cc54)c3)cc2)c2cc(F)ccc2/C1=C\c1ccc([S+](C)[O-])cc1. The Morgan fingerprint density at radius 1 is 0.360 bits per heavy atom. The van der Waals surface area contributed by atoms with Crippen LogP contribution >= 0.6 is 0 Å². The Kier molecular flexibility index (Phi) is 18.3. The third-order valence-electron chi connectivity index (χ3n) is 15.8. The zero-order chi connectivity index (χ0) is 62.8. The molecule has 11 rings (SSSR count). The molecule has 0 saturated carbocycles. The smallest absolute Gasteiger partial charge is 0.315 e. The van der Waals surface area contributed by atoms with Gasteiger partial charge in [-0.25, -0.2) is 13.2 Å². The Bertz CT molecular complexity index is 4210. The van der Waals surface area contributed by atoms with Crippen molar-refractivity contribution in [1.82, 2.24) is 0 Å². The minimum absolute atomic E-state index is 0.0407. The van der Waals surface area contributed by atoms with Crippen molar-refractivity contribution < 1.29 is 55.4 Å². The molecule has 446 valence electrons. The average molecular weight is 1240 g/mol. The van der Waals surface area contributed by atoms with E-state index >= 15 is 0 Å². The monoisotopic (exact) mass is 1240 g/mol. The van der Waals surface area contributed by atoms with Gasteiger partial charge in [0.25, 0.3) is 0 Å². The number of carbonyl (C=O) groups is 3. The number of carbonyl (C=O) groups excluding carboxylic acids is 3. The van der Waals surface area contributed by atoms with Gasteiger partial charge in [0.15, 0.2) is 14.7 Å². The Labute approximate surface area is 523 Å². The molecule has 0 aromatic heterocycles. The molecule has 8 aromatic carbocycles. The molecular formula is C74H57F3O9S3. The van der Waals surface area contributed by atoms with Crippen molar-refractivity contribution in [2.75, 3.05) is 18.8 Å². The van der Waals surface area contributed by atoms with E-state index < -0.39 is 68.9 Å². The second-order valence-corrected chi connectivity index (χ2v) is 25.9. The molecule has 8 aromatic rings. The number of hydrogen-bond donors (Lipinski definition) is 0. The van der Waals surface area contributed by atoms with Gasteiger partial charge in [-0.1, -0.05) is 42.5 Å². The predicted octanol–water partition coefficient (Wildman–Crippen LogP) is 16.5. The molecule has 89 heavy (non-hydrogen) atoms. The number of halogens is 3. The highest BCUT2D eigenvalue weighted by atomic mass is 32.2. The van der Waals surface area contributed by atoms with Crippen LogP contribution < -0.4 is 14.2 Å². The lowest BCUT2D eigenvalue weighted by Gasteiger charge is -2.12. The summed E-state index contributed by atoms with van der Waals surface area (Å²) in [7, 11) is 0. The maximum absolute atomic E-state index is 15.0. The molecule has 0 aliphatic heterocycles. The largest absolute Gasteiger partial charge is 0.612 e. The summed E-state index contributed by atoms with van der Waals surface area (Å²) in [5, 5.41) is 0. The Morgan fingerprint density at radius 2 is 0.652 bits per heavy atom. The van der Waals surface area contributed by atoms with Gasteiger partial charge in [-0.2, -0.15) is 0 Å². The fourth-order valence-corrected chi connectivity index (χ4v) is 12.9.